The second-order valence-corrected chi connectivity index (χ2v) is 5.04. The summed E-state index contributed by atoms with van der Waals surface area (Å²) in [6, 6.07) is 0. The van der Waals surface area contributed by atoms with Gasteiger partial charge >= 0.3 is 0 Å². The van der Waals surface area contributed by atoms with Crippen LogP contribution < -0.4 is 5.32 Å². The van der Waals surface area contributed by atoms with Crippen molar-refractivity contribution < 1.29 is 14.4 Å². The number of rotatable bonds is 5. The summed E-state index contributed by atoms with van der Waals surface area (Å²) in [5.41, 5.74) is -1.03. The van der Waals surface area contributed by atoms with E-state index in [1.54, 1.807) is 0 Å². The molecular formula is C12H21N3O3. The van der Waals surface area contributed by atoms with Gasteiger partial charge in [-0.05, 0) is 25.8 Å². The number of β-amino-alcohol motifs (C(OH)–C–C–N with tert-alkyl or cyclic N) is 1. The molecule has 1 aromatic rings. The van der Waals surface area contributed by atoms with Crippen LogP contribution in [0, 0.1) is 5.92 Å². The lowest BCUT2D eigenvalue weighted by Crippen LogP contribution is -2.28. The SMILES string of the molecule is CCOC(c1noc(C2(O)CCNC2)n1)C(C)C. The quantitative estimate of drug-likeness (QED) is 0.816. The summed E-state index contributed by atoms with van der Waals surface area (Å²) in [5, 5.41) is 17.4. The Morgan fingerprint density at radius 3 is 2.89 bits per heavy atom. The predicted octanol–water partition coefficient (Wildman–Crippen LogP) is 0.984. The maximum absolute atomic E-state index is 10.3. The number of nitrogens with zero attached hydrogens (tertiary/aromatic N) is 2. The number of aromatic nitrogens is 2. The normalized spacial score (nSPS) is 25.8. The molecule has 6 nitrogen and oxygen atoms in total. The minimum Gasteiger partial charge on any atom is -0.379 e. The van der Waals surface area contributed by atoms with Gasteiger partial charge in [-0.3, -0.25) is 0 Å². The molecular weight excluding hydrogens is 234 g/mol. The molecule has 6 heteroatoms. The second-order valence-electron chi connectivity index (χ2n) is 5.04. The highest BCUT2D eigenvalue weighted by Crippen LogP contribution is 2.29. The van der Waals surface area contributed by atoms with Crippen molar-refractivity contribution in [1.82, 2.24) is 15.5 Å². The molecule has 2 unspecified atom stereocenters. The highest BCUT2D eigenvalue weighted by Gasteiger charge is 2.39. The van der Waals surface area contributed by atoms with Gasteiger partial charge in [0, 0.05) is 13.2 Å². The smallest absolute Gasteiger partial charge is 0.260 e. The van der Waals surface area contributed by atoms with Crippen molar-refractivity contribution in [2.45, 2.75) is 38.9 Å². The fourth-order valence-electron chi connectivity index (χ4n) is 2.15. The number of hydrogen-bond acceptors (Lipinski definition) is 6. The zero-order valence-electron chi connectivity index (χ0n) is 11.1. The summed E-state index contributed by atoms with van der Waals surface area (Å²) in [6.45, 7) is 7.83. The van der Waals surface area contributed by atoms with Crippen LogP contribution in [0.3, 0.4) is 0 Å². The monoisotopic (exact) mass is 255 g/mol. The standard InChI is InChI=1S/C12H21N3O3/c1-4-17-9(8(2)3)10-14-11(18-15-10)12(16)5-6-13-7-12/h8-9,13,16H,4-7H2,1-3H3. The average molecular weight is 255 g/mol. The van der Waals surface area contributed by atoms with Gasteiger partial charge in [0.15, 0.2) is 5.60 Å². The van der Waals surface area contributed by atoms with Crippen molar-refractivity contribution in [2.75, 3.05) is 19.7 Å². The Labute approximate surface area is 107 Å². The van der Waals surface area contributed by atoms with E-state index < -0.39 is 5.60 Å². The summed E-state index contributed by atoms with van der Waals surface area (Å²) in [6.07, 6.45) is 0.403. The van der Waals surface area contributed by atoms with Gasteiger partial charge < -0.3 is 19.7 Å². The van der Waals surface area contributed by atoms with E-state index in [2.05, 4.69) is 15.5 Å². The van der Waals surface area contributed by atoms with Crippen LogP contribution in [0.25, 0.3) is 0 Å². The van der Waals surface area contributed by atoms with Gasteiger partial charge in [0.2, 0.25) is 5.82 Å². The first-order valence-electron chi connectivity index (χ1n) is 6.45. The van der Waals surface area contributed by atoms with E-state index in [4.69, 9.17) is 9.26 Å². The van der Waals surface area contributed by atoms with Crippen LogP contribution in [0.5, 0.6) is 0 Å². The molecule has 0 saturated carbocycles. The van der Waals surface area contributed by atoms with E-state index in [9.17, 15) is 5.11 Å². The van der Waals surface area contributed by atoms with Gasteiger partial charge in [-0.25, -0.2) is 0 Å². The molecule has 2 atom stereocenters. The van der Waals surface area contributed by atoms with Crippen LogP contribution in [-0.4, -0.2) is 34.9 Å². The van der Waals surface area contributed by atoms with Crippen molar-refractivity contribution in [3.05, 3.63) is 11.7 Å². The molecule has 1 saturated heterocycles. The van der Waals surface area contributed by atoms with Crippen LogP contribution in [0.4, 0.5) is 0 Å². The first kappa shape index (κ1) is 13.5. The molecule has 18 heavy (non-hydrogen) atoms. The Balaban J connectivity index is 2.18. The van der Waals surface area contributed by atoms with Crippen LogP contribution in [0.15, 0.2) is 4.52 Å². The maximum atomic E-state index is 10.3. The molecule has 1 fully saturated rings. The molecule has 2 rings (SSSR count). The first-order valence-corrected chi connectivity index (χ1v) is 6.45. The minimum absolute atomic E-state index is 0.189. The molecule has 1 aromatic heterocycles. The minimum atomic E-state index is -1.03. The van der Waals surface area contributed by atoms with Crippen LogP contribution in [0.2, 0.25) is 0 Å². The average Bonchev–Trinajstić information content (AvgIpc) is 2.95. The van der Waals surface area contributed by atoms with E-state index >= 15 is 0 Å². The Bertz CT molecular complexity index is 386. The van der Waals surface area contributed by atoms with E-state index in [0.29, 0.717) is 25.4 Å². The molecule has 0 radical (unpaired) electrons. The third-order valence-corrected chi connectivity index (χ3v) is 3.18. The number of ether oxygens (including phenoxy) is 1. The molecule has 0 bridgehead atoms. The van der Waals surface area contributed by atoms with E-state index in [1.807, 2.05) is 20.8 Å². The van der Waals surface area contributed by atoms with Gasteiger partial charge in [0.05, 0.1) is 0 Å². The molecule has 0 aromatic carbocycles. The van der Waals surface area contributed by atoms with Crippen LogP contribution >= 0.6 is 0 Å². The number of aliphatic hydroxyl groups is 1. The largest absolute Gasteiger partial charge is 0.379 e. The molecule has 102 valence electrons. The number of hydrogen-bond donors (Lipinski definition) is 2. The van der Waals surface area contributed by atoms with Crippen molar-refractivity contribution in [1.29, 1.82) is 0 Å². The lowest BCUT2D eigenvalue weighted by Gasteiger charge is -2.17. The Morgan fingerprint density at radius 2 is 2.33 bits per heavy atom. The van der Waals surface area contributed by atoms with Crippen molar-refractivity contribution in [2.24, 2.45) is 5.92 Å². The molecule has 0 spiro atoms. The van der Waals surface area contributed by atoms with Gasteiger partial charge in [-0.2, -0.15) is 4.98 Å². The summed E-state index contributed by atoms with van der Waals surface area (Å²) in [7, 11) is 0. The fourth-order valence-corrected chi connectivity index (χ4v) is 2.15. The van der Waals surface area contributed by atoms with Gasteiger partial charge in [-0.1, -0.05) is 19.0 Å². The van der Waals surface area contributed by atoms with Gasteiger partial charge in [0.25, 0.3) is 5.89 Å². The third-order valence-electron chi connectivity index (χ3n) is 3.18. The summed E-state index contributed by atoms with van der Waals surface area (Å²) in [4.78, 5) is 4.31. The number of nitrogens with one attached hydrogen (secondary N) is 1. The van der Waals surface area contributed by atoms with Crippen molar-refractivity contribution in [3.8, 4) is 0 Å². The molecule has 2 heterocycles. The van der Waals surface area contributed by atoms with Crippen LogP contribution in [0.1, 0.15) is 45.0 Å². The Kier molecular flexibility index (Phi) is 3.99. The predicted molar refractivity (Wildman–Crippen MR) is 64.9 cm³/mol. The highest BCUT2D eigenvalue weighted by atomic mass is 16.5. The van der Waals surface area contributed by atoms with Crippen molar-refractivity contribution in [3.63, 3.8) is 0 Å². The topological polar surface area (TPSA) is 80.4 Å². The van der Waals surface area contributed by atoms with E-state index in [0.717, 1.165) is 6.54 Å². The first-order chi connectivity index (χ1) is 8.57. The summed E-state index contributed by atoms with van der Waals surface area (Å²) in [5.74, 6) is 1.06. The lowest BCUT2D eigenvalue weighted by atomic mass is 10.0. The molecule has 1 aliphatic rings. The summed E-state index contributed by atoms with van der Waals surface area (Å²) >= 11 is 0. The fraction of sp³-hybridized carbons (Fsp3) is 0.833. The van der Waals surface area contributed by atoms with E-state index in [1.165, 1.54) is 0 Å². The van der Waals surface area contributed by atoms with Crippen LogP contribution in [-0.2, 0) is 10.3 Å². The lowest BCUT2D eigenvalue weighted by molar-refractivity contribution is 0.0213. The highest BCUT2D eigenvalue weighted by molar-refractivity contribution is 5.05. The van der Waals surface area contributed by atoms with Gasteiger partial charge in [-0.15, -0.1) is 0 Å². The zero-order valence-corrected chi connectivity index (χ0v) is 11.1. The van der Waals surface area contributed by atoms with E-state index in [-0.39, 0.29) is 17.9 Å². The molecule has 0 aliphatic carbocycles. The molecule has 1 aliphatic heterocycles. The van der Waals surface area contributed by atoms with Gasteiger partial charge in [0.1, 0.15) is 6.10 Å². The molecule has 0 amide bonds. The van der Waals surface area contributed by atoms with Crippen molar-refractivity contribution >= 4 is 0 Å². The Hall–Kier alpha value is -0.980. The zero-order chi connectivity index (χ0) is 13.2. The summed E-state index contributed by atoms with van der Waals surface area (Å²) < 4.78 is 10.8. The third kappa shape index (κ3) is 2.55. The molecule has 2 N–H and O–H groups in total. The Morgan fingerprint density at radius 1 is 1.56 bits per heavy atom. The second kappa shape index (κ2) is 5.34. The maximum Gasteiger partial charge on any atom is 0.260 e.